The van der Waals surface area contributed by atoms with E-state index in [0.717, 1.165) is 12.8 Å². The van der Waals surface area contributed by atoms with E-state index >= 15 is 0 Å². The van der Waals surface area contributed by atoms with E-state index in [1.807, 2.05) is 0 Å². The quantitative estimate of drug-likeness (QED) is 0.444. The molecule has 0 bridgehead atoms. The first-order valence-corrected chi connectivity index (χ1v) is 9.71. The Bertz CT molecular complexity index is 817. The summed E-state index contributed by atoms with van der Waals surface area (Å²) in [6.07, 6.45) is 4.54. The molecule has 0 aliphatic heterocycles. The molecule has 7 heteroatoms. The molecule has 0 aliphatic rings. The molecule has 0 spiro atoms. The maximum Gasteiger partial charge on any atom is 0.269 e. The highest BCUT2D eigenvalue weighted by molar-refractivity contribution is 5.99. The number of carbonyl (C=O) groups excluding carboxylic acids is 3. The minimum atomic E-state index is -0.459. The average Bonchev–Trinajstić information content (AvgIpc) is 2.72. The van der Waals surface area contributed by atoms with Crippen LogP contribution in [0.25, 0.3) is 0 Å². The molecule has 2 aromatic rings. The van der Waals surface area contributed by atoms with E-state index in [1.54, 1.807) is 48.5 Å². The maximum atomic E-state index is 12.2. The highest BCUT2D eigenvalue weighted by atomic mass is 16.5. The molecule has 0 radical (unpaired) electrons. The van der Waals surface area contributed by atoms with Gasteiger partial charge in [0.05, 0.1) is 6.61 Å². The summed E-state index contributed by atoms with van der Waals surface area (Å²) in [5.41, 5.74) is 6.10. The number of hydrogen-bond acceptors (Lipinski definition) is 4. The molecule has 0 aliphatic carbocycles. The smallest absolute Gasteiger partial charge is 0.269 e. The summed E-state index contributed by atoms with van der Waals surface area (Å²) in [6.45, 7) is 4.22. The van der Waals surface area contributed by atoms with Crippen molar-refractivity contribution in [3.05, 3.63) is 59.7 Å². The lowest BCUT2D eigenvalue weighted by Gasteiger charge is -2.09. The molecule has 3 amide bonds. The van der Waals surface area contributed by atoms with Gasteiger partial charge in [0, 0.05) is 23.7 Å². The molecule has 0 aromatic heterocycles. The number of nitrogens with one attached hydrogen (secondary N) is 3. The van der Waals surface area contributed by atoms with Crippen LogP contribution in [0.4, 0.5) is 5.69 Å². The summed E-state index contributed by atoms with van der Waals surface area (Å²) < 4.78 is 5.65. The zero-order chi connectivity index (χ0) is 21.1. The fourth-order valence-electron chi connectivity index (χ4n) is 2.59. The Hall–Kier alpha value is -3.35. The van der Waals surface area contributed by atoms with Crippen molar-refractivity contribution in [3.63, 3.8) is 0 Å². The first-order valence-electron chi connectivity index (χ1n) is 9.71. The number of ether oxygens (including phenoxy) is 1. The fourth-order valence-corrected chi connectivity index (χ4v) is 2.59. The SMILES string of the molecule is CCCCCCOc1ccc(C(=O)NNC(=O)c2ccc(NC(C)=O)cc2)cc1. The Morgan fingerprint density at radius 1 is 0.793 bits per heavy atom. The van der Waals surface area contributed by atoms with Crippen LogP contribution in [-0.4, -0.2) is 24.3 Å². The lowest BCUT2D eigenvalue weighted by atomic mass is 10.2. The van der Waals surface area contributed by atoms with Crippen LogP contribution in [0, 0.1) is 0 Å². The van der Waals surface area contributed by atoms with Gasteiger partial charge in [-0.05, 0) is 55.0 Å². The summed E-state index contributed by atoms with van der Waals surface area (Å²) in [6, 6.07) is 13.1. The van der Waals surface area contributed by atoms with E-state index in [2.05, 4.69) is 23.1 Å². The summed E-state index contributed by atoms with van der Waals surface area (Å²) in [5, 5.41) is 2.62. The third kappa shape index (κ3) is 7.65. The second-order valence-electron chi connectivity index (χ2n) is 6.60. The molecule has 0 fully saturated rings. The van der Waals surface area contributed by atoms with Crippen molar-refractivity contribution in [3.8, 4) is 5.75 Å². The molecule has 0 heterocycles. The second-order valence-corrected chi connectivity index (χ2v) is 6.60. The van der Waals surface area contributed by atoms with E-state index in [4.69, 9.17) is 4.74 Å². The summed E-state index contributed by atoms with van der Waals surface area (Å²) in [7, 11) is 0. The van der Waals surface area contributed by atoms with Crippen molar-refractivity contribution in [2.24, 2.45) is 0 Å². The van der Waals surface area contributed by atoms with Gasteiger partial charge in [0.2, 0.25) is 5.91 Å². The molecule has 2 aromatic carbocycles. The van der Waals surface area contributed by atoms with E-state index in [9.17, 15) is 14.4 Å². The largest absolute Gasteiger partial charge is 0.494 e. The van der Waals surface area contributed by atoms with Crippen molar-refractivity contribution in [1.29, 1.82) is 0 Å². The van der Waals surface area contributed by atoms with Gasteiger partial charge >= 0.3 is 0 Å². The maximum absolute atomic E-state index is 12.2. The van der Waals surface area contributed by atoms with E-state index < -0.39 is 11.8 Å². The minimum absolute atomic E-state index is 0.192. The van der Waals surface area contributed by atoms with Crippen LogP contribution in [-0.2, 0) is 4.79 Å². The third-order valence-electron chi connectivity index (χ3n) is 4.14. The van der Waals surface area contributed by atoms with Crippen LogP contribution in [0.15, 0.2) is 48.5 Å². The van der Waals surface area contributed by atoms with Crippen LogP contribution in [0.5, 0.6) is 5.75 Å². The molecule has 0 atom stereocenters. The van der Waals surface area contributed by atoms with E-state index in [1.165, 1.54) is 19.8 Å². The minimum Gasteiger partial charge on any atom is -0.494 e. The van der Waals surface area contributed by atoms with Crippen molar-refractivity contribution < 1.29 is 19.1 Å². The number of anilines is 1. The Balaban J connectivity index is 1.79. The van der Waals surface area contributed by atoms with E-state index in [-0.39, 0.29) is 5.91 Å². The Labute approximate surface area is 170 Å². The number of rotatable bonds is 9. The molecule has 0 saturated heterocycles. The molecular formula is C22H27N3O4. The summed E-state index contributed by atoms with van der Waals surface area (Å²) in [5.74, 6) is -0.369. The van der Waals surface area contributed by atoms with E-state index in [0.29, 0.717) is 29.2 Å². The Morgan fingerprint density at radius 3 is 1.86 bits per heavy atom. The molecule has 29 heavy (non-hydrogen) atoms. The number of amides is 3. The second kappa shape index (κ2) is 11.5. The first kappa shape index (κ1) is 21.9. The zero-order valence-corrected chi connectivity index (χ0v) is 16.8. The highest BCUT2D eigenvalue weighted by Gasteiger charge is 2.09. The van der Waals surface area contributed by atoms with Crippen molar-refractivity contribution in [2.75, 3.05) is 11.9 Å². The highest BCUT2D eigenvalue weighted by Crippen LogP contribution is 2.13. The van der Waals surface area contributed by atoms with Crippen molar-refractivity contribution in [2.45, 2.75) is 39.5 Å². The predicted molar refractivity (Wildman–Crippen MR) is 112 cm³/mol. The van der Waals surface area contributed by atoms with Gasteiger partial charge in [-0.1, -0.05) is 26.2 Å². The molecule has 2 rings (SSSR count). The lowest BCUT2D eigenvalue weighted by Crippen LogP contribution is -2.41. The third-order valence-corrected chi connectivity index (χ3v) is 4.14. The van der Waals surface area contributed by atoms with Gasteiger partial charge < -0.3 is 10.1 Å². The number of benzene rings is 2. The van der Waals surface area contributed by atoms with Gasteiger partial charge in [-0.25, -0.2) is 0 Å². The van der Waals surface area contributed by atoms with Crippen LogP contribution in [0.2, 0.25) is 0 Å². The number of hydrazine groups is 1. The molecule has 0 unspecified atom stereocenters. The van der Waals surface area contributed by atoms with Crippen LogP contribution in [0.1, 0.15) is 60.2 Å². The topological polar surface area (TPSA) is 96.5 Å². The Kier molecular flexibility index (Phi) is 8.69. The fraction of sp³-hybridized carbons (Fsp3) is 0.318. The lowest BCUT2D eigenvalue weighted by molar-refractivity contribution is -0.114. The summed E-state index contributed by atoms with van der Waals surface area (Å²) >= 11 is 0. The number of carbonyl (C=O) groups is 3. The normalized spacial score (nSPS) is 10.1. The number of hydrogen-bond donors (Lipinski definition) is 3. The van der Waals surface area contributed by atoms with Gasteiger partial charge in [0.25, 0.3) is 11.8 Å². The van der Waals surface area contributed by atoms with Crippen LogP contribution >= 0.6 is 0 Å². The predicted octanol–water partition coefficient (Wildman–Crippen LogP) is 3.68. The van der Waals surface area contributed by atoms with Gasteiger partial charge in [0.15, 0.2) is 0 Å². The molecular weight excluding hydrogens is 370 g/mol. The summed E-state index contributed by atoms with van der Waals surface area (Å²) in [4.78, 5) is 35.3. The molecule has 7 nitrogen and oxygen atoms in total. The molecule has 3 N–H and O–H groups in total. The first-order chi connectivity index (χ1) is 14.0. The average molecular weight is 397 g/mol. The molecule has 0 saturated carbocycles. The van der Waals surface area contributed by atoms with Crippen LogP contribution in [0.3, 0.4) is 0 Å². The van der Waals surface area contributed by atoms with Crippen LogP contribution < -0.4 is 20.9 Å². The van der Waals surface area contributed by atoms with Gasteiger partial charge in [-0.3, -0.25) is 25.2 Å². The van der Waals surface area contributed by atoms with Gasteiger partial charge in [-0.2, -0.15) is 0 Å². The Morgan fingerprint density at radius 2 is 1.34 bits per heavy atom. The monoisotopic (exact) mass is 397 g/mol. The van der Waals surface area contributed by atoms with Crippen molar-refractivity contribution in [1.82, 2.24) is 10.9 Å². The molecule has 154 valence electrons. The van der Waals surface area contributed by atoms with Crippen molar-refractivity contribution >= 4 is 23.4 Å². The zero-order valence-electron chi connectivity index (χ0n) is 16.8. The standard InChI is InChI=1S/C22H27N3O4/c1-3-4-5-6-15-29-20-13-9-18(10-14-20)22(28)25-24-21(27)17-7-11-19(12-8-17)23-16(2)26/h7-14H,3-6,15H2,1-2H3,(H,23,26)(H,24,27)(H,25,28). The van der Waals surface area contributed by atoms with Gasteiger partial charge in [0.1, 0.15) is 5.75 Å². The number of unbranched alkanes of at least 4 members (excludes halogenated alkanes) is 3. The van der Waals surface area contributed by atoms with Gasteiger partial charge in [-0.15, -0.1) is 0 Å².